The number of aromatic nitrogens is 2. The minimum Gasteiger partial charge on any atom is -0.271 e. The first kappa shape index (κ1) is 16.7. The van der Waals surface area contributed by atoms with Crippen LogP contribution in [0.3, 0.4) is 0 Å². The van der Waals surface area contributed by atoms with Gasteiger partial charge in [-0.2, -0.15) is 28.6 Å². The van der Waals surface area contributed by atoms with E-state index in [1.54, 1.807) is 0 Å². The van der Waals surface area contributed by atoms with Crippen molar-refractivity contribution in [3.63, 3.8) is 0 Å². The minimum absolute atomic E-state index is 0.278. The van der Waals surface area contributed by atoms with Crippen LogP contribution in [0.15, 0.2) is 4.47 Å². The first-order valence-electron chi connectivity index (χ1n) is 6.99. The molecule has 7 heteroatoms. The van der Waals surface area contributed by atoms with Crippen LogP contribution in [0.1, 0.15) is 25.2 Å². The van der Waals surface area contributed by atoms with Crippen molar-refractivity contribution >= 4 is 39.5 Å². The molecular weight excluding hydrogens is 356 g/mol. The Balaban J connectivity index is 2.17. The molecule has 20 heavy (non-hydrogen) atoms. The van der Waals surface area contributed by atoms with Gasteiger partial charge >= 0.3 is 0 Å². The Hall–Kier alpha value is 0.310. The highest BCUT2D eigenvalue weighted by Gasteiger charge is 2.31. The van der Waals surface area contributed by atoms with Crippen LogP contribution in [0.5, 0.6) is 0 Å². The molecule has 0 spiro atoms. The van der Waals surface area contributed by atoms with Gasteiger partial charge in [-0.1, -0.05) is 6.92 Å². The van der Waals surface area contributed by atoms with Crippen molar-refractivity contribution in [3.8, 4) is 0 Å². The number of hydrazine groups is 1. The second-order valence-corrected chi connectivity index (χ2v) is 8.61. The molecule has 2 rings (SSSR count). The van der Waals surface area contributed by atoms with Crippen molar-refractivity contribution in [3.05, 3.63) is 15.9 Å². The molecule has 114 valence electrons. The zero-order valence-electron chi connectivity index (χ0n) is 12.2. The zero-order chi connectivity index (χ0) is 14.7. The molecule has 1 aliphatic heterocycles. The van der Waals surface area contributed by atoms with Crippen molar-refractivity contribution in [1.29, 1.82) is 0 Å². The van der Waals surface area contributed by atoms with Gasteiger partial charge in [-0.05, 0) is 29.8 Å². The Bertz CT molecular complexity index is 452. The molecule has 3 unspecified atom stereocenters. The molecule has 3 N–H and O–H groups in total. The molecule has 0 radical (unpaired) electrons. The predicted octanol–water partition coefficient (Wildman–Crippen LogP) is 2.59. The van der Waals surface area contributed by atoms with Crippen molar-refractivity contribution in [1.82, 2.24) is 15.2 Å². The molecule has 3 atom stereocenters. The predicted molar refractivity (Wildman–Crippen MR) is 93.3 cm³/mol. The third-order valence-electron chi connectivity index (χ3n) is 3.71. The molecular formula is C13H23BrN4S2. The van der Waals surface area contributed by atoms with Crippen molar-refractivity contribution in [2.75, 3.05) is 11.5 Å². The number of nitrogens with zero attached hydrogens (tertiary/aromatic N) is 2. The van der Waals surface area contributed by atoms with E-state index in [-0.39, 0.29) is 6.04 Å². The van der Waals surface area contributed by atoms with Crippen molar-refractivity contribution in [2.45, 2.75) is 50.3 Å². The Morgan fingerprint density at radius 2 is 2.20 bits per heavy atom. The molecule has 1 saturated heterocycles. The quantitative estimate of drug-likeness (QED) is 0.608. The summed E-state index contributed by atoms with van der Waals surface area (Å²) in [6, 6.07) is 0.278. The third-order valence-corrected chi connectivity index (χ3v) is 8.00. The SMILES string of the molecule is CCn1nc(C)c(Br)c1CC(NN)C1SCCSC1C. The van der Waals surface area contributed by atoms with E-state index in [0.717, 1.165) is 23.1 Å². The number of hydrogen-bond donors (Lipinski definition) is 2. The number of rotatable bonds is 5. The Morgan fingerprint density at radius 1 is 1.50 bits per heavy atom. The standard InChI is InChI=1S/C13H23BrN4S2/c1-4-18-11(12(14)8(2)17-18)7-10(16-15)13-9(3)19-5-6-20-13/h9-10,13,16H,4-7,15H2,1-3H3. The van der Waals surface area contributed by atoms with E-state index in [0.29, 0.717) is 10.5 Å². The Morgan fingerprint density at radius 3 is 2.80 bits per heavy atom. The number of hydrogen-bond acceptors (Lipinski definition) is 5. The molecule has 4 nitrogen and oxygen atoms in total. The van der Waals surface area contributed by atoms with E-state index in [1.807, 2.05) is 30.4 Å². The molecule has 1 aromatic rings. The first-order valence-corrected chi connectivity index (χ1v) is 9.88. The molecule has 1 aromatic heterocycles. The van der Waals surface area contributed by atoms with Crippen LogP contribution in [-0.4, -0.2) is 37.8 Å². The van der Waals surface area contributed by atoms with E-state index in [1.165, 1.54) is 17.2 Å². The number of nitrogens with two attached hydrogens (primary N) is 1. The van der Waals surface area contributed by atoms with E-state index in [2.05, 4.69) is 45.0 Å². The van der Waals surface area contributed by atoms with Crippen LogP contribution < -0.4 is 11.3 Å². The molecule has 0 aliphatic carbocycles. The average Bonchev–Trinajstić information content (AvgIpc) is 2.73. The summed E-state index contributed by atoms with van der Waals surface area (Å²) in [4.78, 5) is 0. The summed E-state index contributed by atoms with van der Waals surface area (Å²) in [7, 11) is 0. The van der Waals surface area contributed by atoms with Gasteiger partial charge in [0.15, 0.2) is 0 Å². The van der Waals surface area contributed by atoms with Crippen molar-refractivity contribution < 1.29 is 0 Å². The molecule has 0 saturated carbocycles. The van der Waals surface area contributed by atoms with Crippen LogP contribution in [0, 0.1) is 6.92 Å². The summed E-state index contributed by atoms with van der Waals surface area (Å²) >= 11 is 7.77. The van der Waals surface area contributed by atoms with E-state index >= 15 is 0 Å². The summed E-state index contributed by atoms with van der Waals surface area (Å²) in [6.45, 7) is 7.37. The number of nitrogens with one attached hydrogen (secondary N) is 1. The highest BCUT2D eigenvalue weighted by Crippen LogP contribution is 2.34. The molecule has 2 heterocycles. The second-order valence-electron chi connectivity index (χ2n) is 5.05. The van der Waals surface area contributed by atoms with Crippen LogP contribution in [-0.2, 0) is 13.0 Å². The normalized spacial score (nSPS) is 24.9. The average molecular weight is 379 g/mol. The second kappa shape index (κ2) is 7.54. The van der Waals surface area contributed by atoms with Gasteiger partial charge in [0.2, 0.25) is 0 Å². The molecule has 0 amide bonds. The molecule has 1 aliphatic rings. The van der Waals surface area contributed by atoms with Crippen LogP contribution in [0.4, 0.5) is 0 Å². The molecule has 1 fully saturated rings. The van der Waals surface area contributed by atoms with E-state index in [9.17, 15) is 0 Å². The lowest BCUT2D eigenvalue weighted by Gasteiger charge is -2.34. The third kappa shape index (κ3) is 3.55. The monoisotopic (exact) mass is 378 g/mol. The highest BCUT2D eigenvalue weighted by molar-refractivity contribution is 9.10. The Labute approximate surface area is 138 Å². The van der Waals surface area contributed by atoms with Crippen LogP contribution in [0.2, 0.25) is 0 Å². The van der Waals surface area contributed by atoms with Gasteiger partial charge < -0.3 is 0 Å². The van der Waals surface area contributed by atoms with Gasteiger partial charge in [-0.3, -0.25) is 16.0 Å². The smallest absolute Gasteiger partial charge is 0.0738 e. The lowest BCUT2D eigenvalue weighted by atomic mass is 10.1. The topological polar surface area (TPSA) is 55.9 Å². The highest BCUT2D eigenvalue weighted by atomic mass is 79.9. The summed E-state index contributed by atoms with van der Waals surface area (Å²) in [5.41, 5.74) is 5.34. The van der Waals surface area contributed by atoms with E-state index < -0.39 is 0 Å². The Kier molecular flexibility index (Phi) is 6.28. The zero-order valence-corrected chi connectivity index (χ0v) is 15.4. The molecule has 0 bridgehead atoms. The van der Waals surface area contributed by atoms with Gasteiger partial charge in [-0.25, -0.2) is 0 Å². The van der Waals surface area contributed by atoms with Gasteiger partial charge in [-0.15, -0.1) is 0 Å². The maximum atomic E-state index is 5.84. The summed E-state index contributed by atoms with van der Waals surface area (Å²) in [6.07, 6.45) is 0.911. The van der Waals surface area contributed by atoms with Gasteiger partial charge in [0.05, 0.1) is 15.9 Å². The lowest BCUT2D eigenvalue weighted by molar-refractivity contribution is 0.479. The first-order chi connectivity index (χ1) is 9.58. The minimum atomic E-state index is 0.278. The number of thioether (sulfide) groups is 2. The van der Waals surface area contributed by atoms with E-state index in [4.69, 9.17) is 5.84 Å². The van der Waals surface area contributed by atoms with Gasteiger partial charge in [0.25, 0.3) is 0 Å². The summed E-state index contributed by atoms with van der Waals surface area (Å²) < 4.78 is 3.20. The van der Waals surface area contributed by atoms with Crippen LogP contribution >= 0.6 is 39.5 Å². The lowest BCUT2D eigenvalue weighted by Crippen LogP contribution is -2.49. The maximum absolute atomic E-state index is 5.84. The number of halogens is 1. The van der Waals surface area contributed by atoms with Gasteiger partial charge in [0.1, 0.15) is 0 Å². The largest absolute Gasteiger partial charge is 0.271 e. The number of aryl methyl sites for hydroxylation is 2. The maximum Gasteiger partial charge on any atom is 0.0738 e. The van der Waals surface area contributed by atoms with Gasteiger partial charge in [0, 0.05) is 41.0 Å². The van der Waals surface area contributed by atoms with Crippen LogP contribution in [0.25, 0.3) is 0 Å². The molecule has 0 aromatic carbocycles. The summed E-state index contributed by atoms with van der Waals surface area (Å²) in [5, 5.41) is 5.75. The van der Waals surface area contributed by atoms with Crippen molar-refractivity contribution in [2.24, 2.45) is 5.84 Å². The summed E-state index contributed by atoms with van der Waals surface area (Å²) in [5.74, 6) is 8.30. The fourth-order valence-electron chi connectivity index (χ4n) is 2.63. The fourth-order valence-corrected chi connectivity index (χ4v) is 6.02. The fraction of sp³-hybridized carbons (Fsp3) is 0.769.